The first kappa shape index (κ1) is 16.6. The lowest BCUT2D eigenvalue weighted by Crippen LogP contribution is -1.96. The van der Waals surface area contributed by atoms with Crippen molar-refractivity contribution in [2.45, 2.75) is 19.8 Å². The number of carbonyl (C=O) groups excluding carboxylic acids is 1. The molecule has 0 saturated carbocycles. The van der Waals surface area contributed by atoms with Crippen LogP contribution >= 0.6 is 0 Å². The Kier molecular flexibility index (Phi) is 5.30. The molecule has 25 heavy (non-hydrogen) atoms. The average molecular weight is 322 g/mol. The molecule has 3 aliphatic rings. The van der Waals surface area contributed by atoms with Crippen LogP contribution in [0.2, 0.25) is 0 Å². The fourth-order valence-corrected chi connectivity index (χ4v) is 2.65. The summed E-state index contributed by atoms with van der Waals surface area (Å²) in [4.78, 5) is 12.4. The van der Waals surface area contributed by atoms with E-state index in [1.54, 1.807) is 6.08 Å². The maximum absolute atomic E-state index is 12.4. The monoisotopic (exact) mass is 322 g/mol. The molecule has 0 aromatic rings. The molecule has 4 bridgehead atoms. The minimum atomic E-state index is 0.0198. The van der Waals surface area contributed by atoms with E-state index < -0.39 is 0 Å². The third kappa shape index (κ3) is 4.84. The van der Waals surface area contributed by atoms with Crippen molar-refractivity contribution in [2.24, 2.45) is 0 Å². The van der Waals surface area contributed by atoms with Gasteiger partial charge in [-0.2, -0.15) is 0 Å². The van der Waals surface area contributed by atoms with E-state index in [4.69, 9.17) is 0 Å². The Morgan fingerprint density at radius 2 is 1.32 bits per heavy atom. The molecule has 3 aliphatic carbocycles. The first-order valence-electron chi connectivity index (χ1n) is 8.26. The van der Waals surface area contributed by atoms with Crippen molar-refractivity contribution in [3.63, 3.8) is 0 Å². The van der Waals surface area contributed by atoms with E-state index in [0.717, 1.165) is 27.9 Å². The Bertz CT molecular complexity index is 959. The van der Waals surface area contributed by atoms with E-state index in [0.29, 0.717) is 12.8 Å². The summed E-state index contributed by atoms with van der Waals surface area (Å²) in [7, 11) is 0. The van der Waals surface area contributed by atoms with E-state index in [2.05, 4.69) is 23.7 Å². The molecule has 0 aliphatic heterocycles. The zero-order chi connectivity index (χ0) is 17.5. The van der Waals surface area contributed by atoms with Crippen LogP contribution < -0.4 is 0 Å². The van der Waals surface area contributed by atoms with E-state index >= 15 is 0 Å². The summed E-state index contributed by atoms with van der Waals surface area (Å²) >= 11 is 0. The molecule has 0 spiro atoms. The fraction of sp³-hybridized carbons (Fsp3) is 0.125. The predicted molar refractivity (Wildman–Crippen MR) is 103 cm³/mol. The normalized spacial score (nSPS) is 22.4. The highest BCUT2D eigenvalue weighted by molar-refractivity contribution is 6.04. The van der Waals surface area contributed by atoms with Crippen molar-refractivity contribution < 1.29 is 4.79 Å². The SMILES string of the molecule is C/C1=C\C2=CC=CC=C(C#CC#CC3=CC=CC=C(/C=C/C1=O)C3)C2. The van der Waals surface area contributed by atoms with Crippen LogP contribution in [0.4, 0.5) is 0 Å². The first-order valence-corrected chi connectivity index (χ1v) is 8.26. The van der Waals surface area contributed by atoms with Crippen LogP contribution in [0.25, 0.3) is 0 Å². The smallest absolute Gasteiger partial charge is 0.181 e. The molecule has 0 fully saturated rings. The number of hydrogen-bond acceptors (Lipinski definition) is 1. The average Bonchev–Trinajstić information content (AvgIpc) is 2.96. The van der Waals surface area contributed by atoms with Crippen LogP contribution in [0, 0.1) is 23.7 Å². The summed E-state index contributed by atoms with van der Waals surface area (Å²) in [5.41, 5.74) is 4.82. The van der Waals surface area contributed by atoms with Gasteiger partial charge in [-0.05, 0) is 41.6 Å². The van der Waals surface area contributed by atoms with Gasteiger partial charge in [-0.1, -0.05) is 72.6 Å². The molecule has 0 amide bonds. The molecule has 1 nitrogen and oxygen atoms in total. The standard InChI is InChI=1S/C24H18O/c1-19-16-23-13-7-6-11-21(18-23)10-3-2-8-20-9-4-5-12-22(17-20)14-15-24(19)25/h4-7,9,11-16H,17-18H2,1H3/b15-14+,19-16+. The quantitative estimate of drug-likeness (QED) is 0.591. The molecule has 0 atom stereocenters. The lowest BCUT2D eigenvalue weighted by atomic mass is 10.0. The Morgan fingerprint density at radius 1 is 0.760 bits per heavy atom. The summed E-state index contributed by atoms with van der Waals surface area (Å²) in [6.45, 7) is 1.85. The summed E-state index contributed by atoms with van der Waals surface area (Å²) in [5, 5.41) is 0. The number of ketones is 1. The molecule has 0 heterocycles. The molecule has 3 rings (SSSR count). The van der Waals surface area contributed by atoms with Crippen LogP contribution in [-0.2, 0) is 4.79 Å². The van der Waals surface area contributed by atoms with Crippen molar-refractivity contribution in [2.75, 3.05) is 0 Å². The first-order chi connectivity index (χ1) is 12.2. The van der Waals surface area contributed by atoms with Crippen LogP contribution in [0.15, 0.2) is 94.7 Å². The van der Waals surface area contributed by atoms with Gasteiger partial charge < -0.3 is 0 Å². The molecular weight excluding hydrogens is 304 g/mol. The topological polar surface area (TPSA) is 17.1 Å². The second kappa shape index (κ2) is 8.00. The van der Waals surface area contributed by atoms with Crippen LogP contribution in [0.1, 0.15) is 19.8 Å². The summed E-state index contributed by atoms with van der Waals surface area (Å²) in [5.74, 6) is 12.2. The van der Waals surface area contributed by atoms with Gasteiger partial charge in [-0.25, -0.2) is 0 Å². The lowest BCUT2D eigenvalue weighted by Gasteiger charge is -2.02. The Balaban J connectivity index is 2.04. The second-order valence-electron chi connectivity index (χ2n) is 6.02. The highest BCUT2D eigenvalue weighted by atomic mass is 16.1. The summed E-state index contributed by atoms with van der Waals surface area (Å²) in [6.07, 6.45) is 22.7. The van der Waals surface area contributed by atoms with E-state index in [-0.39, 0.29) is 5.78 Å². The van der Waals surface area contributed by atoms with Gasteiger partial charge >= 0.3 is 0 Å². The zero-order valence-corrected chi connectivity index (χ0v) is 14.2. The molecule has 0 aromatic heterocycles. The molecule has 0 saturated heterocycles. The minimum Gasteiger partial charge on any atom is -0.290 e. The van der Waals surface area contributed by atoms with Crippen molar-refractivity contribution in [3.05, 3.63) is 94.7 Å². The van der Waals surface area contributed by atoms with Gasteiger partial charge in [0.05, 0.1) is 0 Å². The van der Waals surface area contributed by atoms with E-state index in [1.165, 1.54) is 0 Å². The van der Waals surface area contributed by atoms with Gasteiger partial charge in [0.1, 0.15) is 0 Å². The maximum atomic E-state index is 12.4. The number of carbonyl (C=O) groups is 1. The van der Waals surface area contributed by atoms with Gasteiger partial charge in [-0.3, -0.25) is 4.79 Å². The lowest BCUT2D eigenvalue weighted by molar-refractivity contribution is -0.111. The molecule has 0 radical (unpaired) electrons. The van der Waals surface area contributed by atoms with Crippen molar-refractivity contribution in [3.8, 4) is 23.7 Å². The van der Waals surface area contributed by atoms with Crippen LogP contribution in [0.5, 0.6) is 0 Å². The van der Waals surface area contributed by atoms with Gasteiger partial charge in [0.25, 0.3) is 0 Å². The number of hydrogen-bond donors (Lipinski definition) is 0. The van der Waals surface area contributed by atoms with Crippen molar-refractivity contribution in [1.29, 1.82) is 0 Å². The van der Waals surface area contributed by atoms with Crippen LogP contribution in [-0.4, -0.2) is 5.78 Å². The van der Waals surface area contributed by atoms with Gasteiger partial charge in [0.2, 0.25) is 0 Å². The highest BCUT2D eigenvalue weighted by Gasteiger charge is 2.06. The summed E-state index contributed by atoms with van der Waals surface area (Å²) < 4.78 is 0. The Hall–Kier alpha value is -3.29. The van der Waals surface area contributed by atoms with Gasteiger partial charge in [0.15, 0.2) is 5.78 Å². The van der Waals surface area contributed by atoms with Crippen molar-refractivity contribution in [1.82, 2.24) is 0 Å². The van der Waals surface area contributed by atoms with Gasteiger partial charge in [-0.15, -0.1) is 0 Å². The number of rotatable bonds is 0. The van der Waals surface area contributed by atoms with E-state index in [1.807, 2.05) is 67.7 Å². The fourth-order valence-electron chi connectivity index (χ4n) is 2.65. The second-order valence-corrected chi connectivity index (χ2v) is 6.02. The molecule has 0 aromatic carbocycles. The molecule has 120 valence electrons. The molecular formula is C24H18O. The largest absolute Gasteiger partial charge is 0.290 e. The molecule has 0 N–H and O–H groups in total. The predicted octanol–water partition coefficient (Wildman–Crippen LogP) is 4.70. The van der Waals surface area contributed by atoms with Crippen LogP contribution in [0.3, 0.4) is 0 Å². The van der Waals surface area contributed by atoms with E-state index in [9.17, 15) is 4.79 Å². The van der Waals surface area contributed by atoms with Crippen molar-refractivity contribution >= 4 is 5.78 Å². The number of allylic oxidation sites excluding steroid dienone is 16. The third-order valence-corrected chi connectivity index (χ3v) is 3.97. The van der Waals surface area contributed by atoms with Gasteiger partial charge in [0, 0.05) is 24.0 Å². The number of fused-ring (bicyclic) bond motifs is 4. The molecule has 0 unspecified atom stereocenters. The summed E-state index contributed by atoms with van der Waals surface area (Å²) in [6, 6.07) is 0. The minimum absolute atomic E-state index is 0.0198. The molecule has 1 heteroatoms. The maximum Gasteiger partial charge on any atom is 0.181 e. The zero-order valence-electron chi connectivity index (χ0n) is 14.2. The third-order valence-electron chi connectivity index (χ3n) is 3.97. The highest BCUT2D eigenvalue weighted by Crippen LogP contribution is 2.19. The Morgan fingerprint density at radius 3 is 2.00 bits per heavy atom. The Labute approximate surface area is 149 Å².